The van der Waals surface area contributed by atoms with Gasteiger partial charge in [0.15, 0.2) is 0 Å². The van der Waals surface area contributed by atoms with Gasteiger partial charge < -0.3 is 16.5 Å². The second-order valence-corrected chi connectivity index (χ2v) is 4.87. The molecule has 1 heterocycles. The normalized spacial score (nSPS) is 10.7. The first-order chi connectivity index (χ1) is 10.1. The fourth-order valence-corrected chi connectivity index (χ4v) is 2.51. The van der Waals surface area contributed by atoms with Gasteiger partial charge in [-0.05, 0) is 41.5 Å². The lowest BCUT2D eigenvalue weighted by molar-refractivity contribution is 0.100. The van der Waals surface area contributed by atoms with Crippen molar-refractivity contribution >= 4 is 28.6 Å². The number of H-pyrrole nitrogens is 1. The predicted octanol–water partition coefficient (Wildman–Crippen LogP) is 3.16. The molecule has 0 saturated heterocycles. The van der Waals surface area contributed by atoms with E-state index >= 15 is 0 Å². The number of benzene rings is 2. The number of anilines is 1. The molecule has 3 aromatic rings. The molecule has 0 aliphatic heterocycles. The van der Waals surface area contributed by atoms with E-state index < -0.39 is 5.91 Å². The standard InChI is InChI=1S/C17H15N3O/c1-2-12-9-15-13(10-4-3-5-11(18)8-10)6-7-14(17(19)21)16(15)20-12/h2-9,20H,1,18H2,(H2,19,21). The predicted molar refractivity (Wildman–Crippen MR) is 86.8 cm³/mol. The average Bonchev–Trinajstić information content (AvgIpc) is 2.89. The van der Waals surface area contributed by atoms with Crippen LogP contribution in [0.4, 0.5) is 5.69 Å². The van der Waals surface area contributed by atoms with Crippen molar-refractivity contribution in [2.45, 2.75) is 0 Å². The molecular formula is C17H15N3O. The number of aromatic amines is 1. The van der Waals surface area contributed by atoms with E-state index in [0.29, 0.717) is 11.3 Å². The van der Waals surface area contributed by atoms with Crippen molar-refractivity contribution in [1.82, 2.24) is 4.98 Å². The third-order valence-corrected chi connectivity index (χ3v) is 3.50. The number of nitrogens with two attached hydrogens (primary N) is 2. The van der Waals surface area contributed by atoms with Crippen molar-refractivity contribution in [3.63, 3.8) is 0 Å². The Kier molecular flexibility index (Phi) is 2.99. The van der Waals surface area contributed by atoms with Gasteiger partial charge in [0.05, 0.1) is 11.1 Å². The molecule has 0 aliphatic rings. The number of hydrogen-bond donors (Lipinski definition) is 3. The van der Waals surface area contributed by atoms with E-state index in [4.69, 9.17) is 11.5 Å². The number of amides is 1. The Morgan fingerprint density at radius 2 is 2.00 bits per heavy atom. The number of nitrogens with one attached hydrogen (secondary N) is 1. The van der Waals surface area contributed by atoms with Crippen LogP contribution < -0.4 is 11.5 Å². The highest BCUT2D eigenvalue weighted by Crippen LogP contribution is 2.32. The van der Waals surface area contributed by atoms with Crippen LogP contribution in [0.5, 0.6) is 0 Å². The lowest BCUT2D eigenvalue weighted by atomic mass is 9.98. The van der Waals surface area contributed by atoms with Gasteiger partial charge >= 0.3 is 0 Å². The zero-order valence-electron chi connectivity index (χ0n) is 11.4. The van der Waals surface area contributed by atoms with Crippen LogP contribution in [-0.2, 0) is 0 Å². The molecule has 4 nitrogen and oxygen atoms in total. The van der Waals surface area contributed by atoms with E-state index in [1.807, 2.05) is 36.4 Å². The highest BCUT2D eigenvalue weighted by Gasteiger charge is 2.13. The van der Waals surface area contributed by atoms with E-state index in [0.717, 1.165) is 27.7 Å². The Labute approximate surface area is 122 Å². The Morgan fingerprint density at radius 1 is 1.19 bits per heavy atom. The summed E-state index contributed by atoms with van der Waals surface area (Å²) >= 11 is 0. The molecule has 0 saturated carbocycles. The maximum Gasteiger partial charge on any atom is 0.250 e. The van der Waals surface area contributed by atoms with Crippen LogP contribution >= 0.6 is 0 Å². The minimum absolute atomic E-state index is 0.461. The van der Waals surface area contributed by atoms with Gasteiger partial charge in [-0.3, -0.25) is 4.79 Å². The van der Waals surface area contributed by atoms with Crippen molar-refractivity contribution in [3.05, 3.63) is 60.3 Å². The number of fused-ring (bicyclic) bond motifs is 1. The number of nitrogen functional groups attached to an aromatic ring is 1. The molecule has 0 unspecified atom stereocenters. The first-order valence-electron chi connectivity index (χ1n) is 6.54. The Bertz CT molecular complexity index is 862. The molecule has 21 heavy (non-hydrogen) atoms. The first-order valence-corrected chi connectivity index (χ1v) is 6.54. The molecule has 1 amide bonds. The van der Waals surface area contributed by atoms with E-state index in [-0.39, 0.29) is 0 Å². The fourth-order valence-electron chi connectivity index (χ4n) is 2.51. The topological polar surface area (TPSA) is 84.9 Å². The molecule has 3 rings (SSSR count). The summed E-state index contributed by atoms with van der Waals surface area (Å²) in [5.41, 5.74) is 16.0. The van der Waals surface area contributed by atoms with Crippen molar-refractivity contribution in [1.29, 1.82) is 0 Å². The maximum atomic E-state index is 11.6. The van der Waals surface area contributed by atoms with Gasteiger partial charge in [-0.2, -0.15) is 0 Å². The largest absolute Gasteiger partial charge is 0.399 e. The highest BCUT2D eigenvalue weighted by atomic mass is 16.1. The summed E-state index contributed by atoms with van der Waals surface area (Å²) in [5, 5.41) is 0.923. The summed E-state index contributed by atoms with van der Waals surface area (Å²) in [6.07, 6.45) is 1.70. The van der Waals surface area contributed by atoms with Gasteiger partial charge in [0.25, 0.3) is 5.91 Å². The second-order valence-electron chi connectivity index (χ2n) is 4.87. The zero-order valence-corrected chi connectivity index (χ0v) is 11.4. The van der Waals surface area contributed by atoms with Gasteiger partial charge in [-0.25, -0.2) is 0 Å². The van der Waals surface area contributed by atoms with Crippen LogP contribution in [0.15, 0.2) is 49.0 Å². The molecule has 0 bridgehead atoms. The molecular weight excluding hydrogens is 262 g/mol. The Balaban J connectivity index is 2.34. The molecule has 0 atom stereocenters. The fraction of sp³-hybridized carbons (Fsp3) is 0. The zero-order chi connectivity index (χ0) is 15.0. The Hall–Kier alpha value is -3.01. The lowest BCUT2D eigenvalue weighted by Crippen LogP contribution is -2.11. The second kappa shape index (κ2) is 4.83. The van der Waals surface area contributed by atoms with E-state index in [1.165, 1.54) is 0 Å². The Morgan fingerprint density at radius 3 is 2.67 bits per heavy atom. The van der Waals surface area contributed by atoms with Crippen LogP contribution in [0.25, 0.3) is 28.1 Å². The lowest BCUT2D eigenvalue weighted by Gasteiger charge is -2.07. The SMILES string of the molecule is C=Cc1cc2c(-c3cccc(N)c3)ccc(C(N)=O)c2[nH]1. The number of carbonyl (C=O) groups is 1. The summed E-state index contributed by atoms with van der Waals surface area (Å²) in [7, 11) is 0. The van der Waals surface area contributed by atoms with Crippen molar-refractivity contribution in [2.75, 3.05) is 5.73 Å². The molecule has 0 radical (unpaired) electrons. The third kappa shape index (κ3) is 2.17. The van der Waals surface area contributed by atoms with Gasteiger partial charge in [0.2, 0.25) is 0 Å². The molecule has 0 aliphatic carbocycles. The monoisotopic (exact) mass is 277 g/mol. The maximum absolute atomic E-state index is 11.6. The van der Waals surface area contributed by atoms with Crippen LogP contribution in [0.1, 0.15) is 16.1 Å². The summed E-state index contributed by atoms with van der Waals surface area (Å²) < 4.78 is 0. The number of hydrogen-bond acceptors (Lipinski definition) is 2. The highest BCUT2D eigenvalue weighted by molar-refractivity contribution is 6.09. The first kappa shape index (κ1) is 13.0. The number of primary amides is 1. The van der Waals surface area contributed by atoms with Crippen molar-refractivity contribution in [2.24, 2.45) is 5.73 Å². The molecule has 0 fully saturated rings. The molecule has 5 N–H and O–H groups in total. The quantitative estimate of drug-likeness (QED) is 0.642. The van der Waals surface area contributed by atoms with Crippen molar-refractivity contribution < 1.29 is 4.79 Å². The summed E-state index contributed by atoms with van der Waals surface area (Å²) in [4.78, 5) is 14.7. The number of carbonyl (C=O) groups excluding carboxylic acids is 1. The van der Waals surface area contributed by atoms with Crippen LogP contribution in [0.2, 0.25) is 0 Å². The number of rotatable bonds is 3. The van der Waals surface area contributed by atoms with Crippen LogP contribution in [0.3, 0.4) is 0 Å². The van der Waals surface area contributed by atoms with Gasteiger partial charge in [-0.15, -0.1) is 0 Å². The van der Waals surface area contributed by atoms with Crippen LogP contribution in [0, 0.1) is 0 Å². The molecule has 4 heteroatoms. The van der Waals surface area contributed by atoms with E-state index in [1.54, 1.807) is 12.1 Å². The summed E-state index contributed by atoms with van der Waals surface area (Å²) in [5.74, 6) is -0.461. The van der Waals surface area contributed by atoms with Crippen LogP contribution in [-0.4, -0.2) is 10.9 Å². The van der Waals surface area contributed by atoms with Gasteiger partial charge in [0, 0.05) is 16.8 Å². The van der Waals surface area contributed by atoms with E-state index in [2.05, 4.69) is 11.6 Å². The van der Waals surface area contributed by atoms with Gasteiger partial charge in [-0.1, -0.05) is 24.8 Å². The number of aromatic nitrogens is 1. The third-order valence-electron chi connectivity index (χ3n) is 3.50. The molecule has 1 aromatic heterocycles. The molecule has 2 aromatic carbocycles. The minimum Gasteiger partial charge on any atom is -0.399 e. The minimum atomic E-state index is -0.461. The van der Waals surface area contributed by atoms with Crippen molar-refractivity contribution in [3.8, 4) is 11.1 Å². The van der Waals surface area contributed by atoms with Gasteiger partial charge in [0.1, 0.15) is 0 Å². The summed E-state index contributed by atoms with van der Waals surface area (Å²) in [6, 6.07) is 13.2. The molecule has 0 spiro atoms. The van der Waals surface area contributed by atoms with E-state index in [9.17, 15) is 4.79 Å². The average molecular weight is 277 g/mol. The smallest absolute Gasteiger partial charge is 0.250 e. The molecule has 104 valence electrons. The summed E-state index contributed by atoms with van der Waals surface area (Å²) in [6.45, 7) is 3.75.